The Morgan fingerprint density at radius 2 is 1.70 bits per heavy atom. The minimum absolute atomic E-state index is 0.0236. The van der Waals surface area contributed by atoms with Crippen molar-refractivity contribution in [1.82, 2.24) is 14.7 Å². The summed E-state index contributed by atoms with van der Waals surface area (Å²) in [6, 6.07) is 18.1. The predicted octanol–water partition coefficient (Wildman–Crippen LogP) is 4.47. The van der Waals surface area contributed by atoms with E-state index in [1.54, 1.807) is 11.0 Å². The number of hydrogen-bond donors (Lipinski definition) is 0. The lowest BCUT2D eigenvalue weighted by Crippen LogP contribution is -2.24. The number of carbonyl (C=O) groups is 1. The molecule has 0 unspecified atom stereocenters. The van der Waals surface area contributed by atoms with Crippen LogP contribution in [0.25, 0.3) is 11.8 Å². The predicted molar refractivity (Wildman–Crippen MR) is 110 cm³/mol. The van der Waals surface area contributed by atoms with Crippen LogP contribution < -0.4 is 0 Å². The molecule has 138 valence electrons. The molecule has 0 saturated heterocycles. The molecule has 0 aliphatic heterocycles. The molecule has 1 heterocycles. The number of hydrogen-bond acceptors (Lipinski definition) is 2. The third-order valence-electron chi connectivity index (χ3n) is 4.79. The molecule has 0 aliphatic carbocycles. The average Bonchev–Trinajstić information content (AvgIpc) is 2.96. The molecule has 0 spiro atoms. The normalized spacial score (nSPS) is 11.1. The molecule has 1 aromatic heterocycles. The van der Waals surface area contributed by atoms with E-state index in [9.17, 15) is 4.79 Å². The number of aromatic nitrogens is 2. The van der Waals surface area contributed by atoms with Gasteiger partial charge in [0.25, 0.3) is 0 Å². The number of nitrogens with zero attached hydrogens (tertiary/aromatic N) is 3. The fourth-order valence-electron chi connectivity index (χ4n) is 3.12. The van der Waals surface area contributed by atoms with Gasteiger partial charge >= 0.3 is 0 Å². The monoisotopic (exact) mass is 359 g/mol. The minimum Gasteiger partial charge on any atom is -0.338 e. The first kappa shape index (κ1) is 18.6. The van der Waals surface area contributed by atoms with Gasteiger partial charge in [0.1, 0.15) is 0 Å². The van der Waals surface area contributed by atoms with Crippen molar-refractivity contribution in [2.24, 2.45) is 0 Å². The maximum absolute atomic E-state index is 12.5. The van der Waals surface area contributed by atoms with Crippen molar-refractivity contribution >= 4 is 12.0 Å². The standard InChI is InChI=1S/C23H25N3O/c1-17-10-8-9-11-20(17)16-25(4)23(27)15-14-22-18(2)24-26(19(22)3)21-12-6-5-7-13-21/h5-15H,16H2,1-4H3/b15-14+. The van der Waals surface area contributed by atoms with Crippen molar-refractivity contribution in [2.45, 2.75) is 27.3 Å². The molecule has 0 bridgehead atoms. The smallest absolute Gasteiger partial charge is 0.246 e. The highest BCUT2D eigenvalue weighted by molar-refractivity contribution is 5.91. The molecule has 27 heavy (non-hydrogen) atoms. The maximum Gasteiger partial charge on any atom is 0.246 e. The van der Waals surface area contributed by atoms with Crippen LogP contribution in [-0.4, -0.2) is 27.6 Å². The van der Waals surface area contributed by atoms with Crippen LogP contribution in [0.15, 0.2) is 60.7 Å². The van der Waals surface area contributed by atoms with Gasteiger partial charge in [0.2, 0.25) is 5.91 Å². The van der Waals surface area contributed by atoms with E-state index in [-0.39, 0.29) is 5.91 Å². The molecule has 1 amide bonds. The molecule has 4 nitrogen and oxygen atoms in total. The molecule has 0 atom stereocenters. The largest absolute Gasteiger partial charge is 0.338 e. The summed E-state index contributed by atoms with van der Waals surface area (Å²) in [4.78, 5) is 14.3. The van der Waals surface area contributed by atoms with Gasteiger partial charge in [-0.25, -0.2) is 4.68 Å². The van der Waals surface area contributed by atoms with Gasteiger partial charge in [0, 0.05) is 30.9 Å². The summed E-state index contributed by atoms with van der Waals surface area (Å²) in [5.41, 5.74) is 6.27. The fraction of sp³-hybridized carbons (Fsp3) is 0.217. The van der Waals surface area contributed by atoms with Crippen LogP contribution in [0.2, 0.25) is 0 Å². The molecule has 0 aliphatic rings. The Hall–Kier alpha value is -3.14. The summed E-state index contributed by atoms with van der Waals surface area (Å²) in [6.45, 7) is 6.65. The lowest BCUT2D eigenvalue weighted by molar-refractivity contribution is -0.125. The Balaban J connectivity index is 1.77. The number of benzene rings is 2. The van der Waals surface area contributed by atoms with Gasteiger partial charge in [-0.05, 0) is 50.1 Å². The quantitative estimate of drug-likeness (QED) is 0.631. The zero-order valence-electron chi connectivity index (χ0n) is 16.3. The first-order valence-electron chi connectivity index (χ1n) is 9.06. The molecular formula is C23H25N3O. The van der Waals surface area contributed by atoms with Crippen LogP contribution >= 0.6 is 0 Å². The maximum atomic E-state index is 12.5. The zero-order chi connectivity index (χ0) is 19.4. The number of carbonyl (C=O) groups excluding carboxylic acids is 1. The minimum atomic E-state index is -0.0236. The van der Waals surface area contributed by atoms with Crippen molar-refractivity contribution in [3.05, 3.63) is 88.8 Å². The van der Waals surface area contributed by atoms with E-state index >= 15 is 0 Å². The van der Waals surface area contributed by atoms with E-state index < -0.39 is 0 Å². The Bertz CT molecular complexity index is 971. The summed E-state index contributed by atoms with van der Waals surface area (Å²) < 4.78 is 1.91. The Morgan fingerprint density at radius 3 is 2.41 bits per heavy atom. The van der Waals surface area contributed by atoms with Crippen molar-refractivity contribution in [3.63, 3.8) is 0 Å². The van der Waals surface area contributed by atoms with Gasteiger partial charge < -0.3 is 4.90 Å². The second kappa shape index (κ2) is 8.04. The van der Waals surface area contributed by atoms with Crippen LogP contribution in [0, 0.1) is 20.8 Å². The van der Waals surface area contributed by atoms with Crippen LogP contribution in [0.5, 0.6) is 0 Å². The van der Waals surface area contributed by atoms with Gasteiger partial charge in [0.15, 0.2) is 0 Å². The average molecular weight is 359 g/mol. The highest BCUT2D eigenvalue weighted by Gasteiger charge is 2.12. The van der Waals surface area contributed by atoms with E-state index in [0.717, 1.165) is 28.2 Å². The van der Waals surface area contributed by atoms with Crippen molar-refractivity contribution in [3.8, 4) is 5.69 Å². The van der Waals surface area contributed by atoms with Gasteiger partial charge in [-0.1, -0.05) is 42.5 Å². The molecule has 0 fully saturated rings. The summed E-state index contributed by atoms with van der Waals surface area (Å²) in [6.07, 6.45) is 3.50. The van der Waals surface area contributed by atoms with Gasteiger partial charge in [0.05, 0.1) is 11.4 Å². The highest BCUT2D eigenvalue weighted by Crippen LogP contribution is 2.19. The lowest BCUT2D eigenvalue weighted by atomic mass is 10.1. The van der Waals surface area contributed by atoms with Gasteiger partial charge in [-0.15, -0.1) is 0 Å². The third-order valence-corrected chi connectivity index (χ3v) is 4.79. The Morgan fingerprint density at radius 1 is 1.04 bits per heavy atom. The van der Waals surface area contributed by atoms with E-state index in [1.807, 2.05) is 74.1 Å². The Kier molecular flexibility index (Phi) is 5.55. The molecule has 0 N–H and O–H groups in total. The number of rotatable bonds is 5. The molecule has 2 aromatic carbocycles. The van der Waals surface area contributed by atoms with Crippen molar-refractivity contribution < 1.29 is 4.79 Å². The van der Waals surface area contributed by atoms with Gasteiger partial charge in [-0.3, -0.25) is 4.79 Å². The lowest BCUT2D eigenvalue weighted by Gasteiger charge is -2.16. The topological polar surface area (TPSA) is 38.1 Å². The van der Waals surface area contributed by atoms with Crippen LogP contribution in [0.4, 0.5) is 0 Å². The number of amides is 1. The number of para-hydroxylation sites is 1. The third kappa shape index (κ3) is 4.17. The summed E-state index contributed by atoms with van der Waals surface area (Å²) in [7, 11) is 1.83. The second-order valence-electron chi connectivity index (χ2n) is 6.79. The fourth-order valence-corrected chi connectivity index (χ4v) is 3.12. The summed E-state index contributed by atoms with van der Waals surface area (Å²) >= 11 is 0. The zero-order valence-corrected chi connectivity index (χ0v) is 16.3. The highest BCUT2D eigenvalue weighted by atomic mass is 16.2. The van der Waals surface area contributed by atoms with Crippen LogP contribution in [0.3, 0.4) is 0 Å². The summed E-state index contributed by atoms with van der Waals surface area (Å²) in [5, 5.41) is 4.62. The van der Waals surface area contributed by atoms with Crippen LogP contribution in [-0.2, 0) is 11.3 Å². The number of aryl methyl sites for hydroxylation is 2. The van der Waals surface area contributed by atoms with E-state index in [0.29, 0.717) is 6.54 Å². The molecule has 0 radical (unpaired) electrons. The molecule has 3 rings (SSSR count). The first-order chi connectivity index (χ1) is 13.0. The van der Waals surface area contributed by atoms with Crippen LogP contribution in [0.1, 0.15) is 28.1 Å². The van der Waals surface area contributed by atoms with E-state index in [2.05, 4.69) is 24.2 Å². The van der Waals surface area contributed by atoms with Crippen molar-refractivity contribution in [2.75, 3.05) is 7.05 Å². The molecular weight excluding hydrogens is 334 g/mol. The molecule has 0 saturated carbocycles. The van der Waals surface area contributed by atoms with Gasteiger partial charge in [-0.2, -0.15) is 5.10 Å². The van der Waals surface area contributed by atoms with E-state index in [4.69, 9.17) is 0 Å². The Labute approximate surface area is 160 Å². The summed E-state index contributed by atoms with van der Waals surface area (Å²) in [5.74, 6) is -0.0236. The van der Waals surface area contributed by atoms with E-state index in [1.165, 1.54) is 5.56 Å². The van der Waals surface area contributed by atoms with Crippen molar-refractivity contribution in [1.29, 1.82) is 0 Å². The second-order valence-corrected chi connectivity index (χ2v) is 6.79. The molecule has 4 heteroatoms. The number of likely N-dealkylation sites (N-methyl/N-ethyl adjacent to an activating group) is 1. The molecule has 3 aromatic rings. The first-order valence-corrected chi connectivity index (χ1v) is 9.06. The SMILES string of the molecule is Cc1ccccc1CN(C)C(=O)/C=C/c1c(C)nn(-c2ccccc2)c1C.